The van der Waals surface area contributed by atoms with E-state index in [1.54, 1.807) is 6.07 Å². The molecule has 1 saturated heterocycles. The van der Waals surface area contributed by atoms with Crippen molar-refractivity contribution in [2.45, 2.75) is 12.7 Å². The molecule has 11 heteroatoms. The van der Waals surface area contributed by atoms with E-state index >= 15 is 0 Å². The minimum atomic E-state index is -4.70. The molecule has 1 amide bonds. The number of aryl methyl sites for hydroxylation is 1. The van der Waals surface area contributed by atoms with Gasteiger partial charge in [-0.1, -0.05) is 29.3 Å². The van der Waals surface area contributed by atoms with Crippen molar-refractivity contribution in [3.05, 3.63) is 51.0 Å². The quantitative estimate of drug-likeness (QED) is 0.683. The van der Waals surface area contributed by atoms with E-state index in [1.165, 1.54) is 17.0 Å². The van der Waals surface area contributed by atoms with Crippen molar-refractivity contribution in [1.82, 2.24) is 19.6 Å². The van der Waals surface area contributed by atoms with Crippen LogP contribution in [0.1, 0.15) is 21.7 Å². The highest BCUT2D eigenvalue weighted by molar-refractivity contribution is 6.34. The van der Waals surface area contributed by atoms with Gasteiger partial charge in [0, 0.05) is 44.8 Å². The molecule has 0 N–H and O–H groups in total. The average molecular weight is 439 g/mol. The third kappa shape index (κ3) is 4.26. The largest absolute Gasteiger partial charge is 0.434 e. The Labute approximate surface area is 168 Å². The first kappa shape index (κ1) is 20.9. The fraction of sp³-hybridized carbons (Fsp3) is 0.412. The number of carbonyl (C=O) groups excluding carboxylic acids is 1. The molecule has 0 aliphatic carbocycles. The number of rotatable bonds is 3. The van der Waals surface area contributed by atoms with Crippen LogP contribution >= 0.6 is 23.2 Å². The number of hydrogen-bond donors (Lipinski definition) is 0. The van der Waals surface area contributed by atoms with Crippen LogP contribution in [0, 0.1) is 5.82 Å². The predicted octanol–water partition coefficient (Wildman–Crippen LogP) is 3.84. The Morgan fingerprint density at radius 3 is 2.36 bits per heavy atom. The van der Waals surface area contributed by atoms with Crippen LogP contribution < -0.4 is 0 Å². The third-order valence-corrected chi connectivity index (χ3v) is 5.24. The molecule has 0 saturated carbocycles. The Hall–Kier alpha value is -1.84. The summed E-state index contributed by atoms with van der Waals surface area (Å²) in [6.45, 7) is 2.04. The first-order chi connectivity index (χ1) is 13.1. The van der Waals surface area contributed by atoms with Crippen LogP contribution in [0.15, 0.2) is 18.2 Å². The van der Waals surface area contributed by atoms with Crippen LogP contribution in [0.5, 0.6) is 0 Å². The number of amides is 1. The van der Waals surface area contributed by atoms with Crippen molar-refractivity contribution in [3.8, 4) is 0 Å². The lowest BCUT2D eigenvalue weighted by molar-refractivity contribution is -0.143. The second-order valence-electron chi connectivity index (χ2n) is 6.44. The Morgan fingerprint density at radius 1 is 1.18 bits per heavy atom. The van der Waals surface area contributed by atoms with E-state index in [1.807, 2.05) is 4.90 Å². The fourth-order valence-corrected chi connectivity index (χ4v) is 3.67. The summed E-state index contributed by atoms with van der Waals surface area (Å²) in [5.74, 6) is -1.06. The van der Waals surface area contributed by atoms with Gasteiger partial charge in [0.25, 0.3) is 5.91 Å². The summed E-state index contributed by atoms with van der Waals surface area (Å²) >= 11 is 11.8. The van der Waals surface area contributed by atoms with Crippen molar-refractivity contribution in [1.29, 1.82) is 0 Å². The normalized spacial score (nSPS) is 15.9. The zero-order valence-electron chi connectivity index (χ0n) is 14.7. The molecule has 1 aromatic carbocycles. The predicted molar refractivity (Wildman–Crippen MR) is 95.8 cm³/mol. The van der Waals surface area contributed by atoms with Gasteiger partial charge >= 0.3 is 6.18 Å². The fourth-order valence-electron chi connectivity index (χ4n) is 3.09. The van der Waals surface area contributed by atoms with Crippen molar-refractivity contribution in [2.24, 2.45) is 7.05 Å². The van der Waals surface area contributed by atoms with Gasteiger partial charge < -0.3 is 4.90 Å². The Balaban J connectivity index is 1.66. The number of benzene rings is 1. The van der Waals surface area contributed by atoms with E-state index in [-0.39, 0.29) is 0 Å². The molecule has 0 spiro atoms. The lowest BCUT2D eigenvalue weighted by Crippen LogP contribution is -2.48. The highest BCUT2D eigenvalue weighted by atomic mass is 35.5. The number of halogens is 6. The smallest absolute Gasteiger partial charge is 0.335 e. The number of alkyl halides is 3. The summed E-state index contributed by atoms with van der Waals surface area (Å²) in [5.41, 5.74) is -0.806. The van der Waals surface area contributed by atoms with Gasteiger partial charge in [-0.05, 0) is 17.7 Å². The Morgan fingerprint density at radius 2 is 1.82 bits per heavy atom. The first-order valence-electron chi connectivity index (χ1n) is 8.33. The molecule has 3 rings (SSSR count). The highest BCUT2D eigenvalue weighted by Gasteiger charge is 2.40. The molecule has 2 aromatic rings. The summed E-state index contributed by atoms with van der Waals surface area (Å²) < 4.78 is 52.8. The van der Waals surface area contributed by atoms with E-state index in [2.05, 4.69) is 5.10 Å². The van der Waals surface area contributed by atoms with Crippen LogP contribution in [0.25, 0.3) is 0 Å². The van der Waals surface area contributed by atoms with Gasteiger partial charge in [0.1, 0.15) is 10.8 Å². The molecule has 0 unspecified atom stereocenters. The molecule has 1 fully saturated rings. The van der Waals surface area contributed by atoms with Crippen molar-refractivity contribution < 1.29 is 22.4 Å². The second-order valence-corrected chi connectivity index (χ2v) is 7.22. The topological polar surface area (TPSA) is 41.4 Å². The van der Waals surface area contributed by atoms with Crippen LogP contribution in [-0.4, -0.2) is 51.7 Å². The molecule has 0 bridgehead atoms. The van der Waals surface area contributed by atoms with Gasteiger partial charge in [-0.3, -0.25) is 14.4 Å². The molecular weight excluding hydrogens is 423 g/mol. The summed E-state index contributed by atoms with van der Waals surface area (Å²) in [5, 5.41) is 3.29. The molecule has 1 aromatic heterocycles. The average Bonchev–Trinajstić information content (AvgIpc) is 2.92. The molecule has 152 valence electrons. The summed E-state index contributed by atoms with van der Waals surface area (Å²) in [4.78, 5) is 16.0. The molecule has 28 heavy (non-hydrogen) atoms. The molecule has 5 nitrogen and oxygen atoms in total. The SMILES string of the molecule is Cn1nc(C(=O)N2CCN(Cc3ccc(F)cc3Cl)CC2)c(Cl)c1C(F)(F)F. The van der Waals surface area contributed by atoms with Crippen LogP contribution in [0.3, 0.4) is 0 Å². The van der Waals surface area contributed by atoms with Crippen molar-refractivity contribution in [3.63, 3.8) is 0 Å². The van der Waals surface area contributed by atoms with Gasteiger partial charge in [0.2, 0.25) is 0 Å². The lowest BCUT2D eigenvalue weighted by atomic mass is 10.2. The number of piperazine rings is 1. The van der Waals surface area contributed by atoms with Crippen LogP contribution in [0.2, 0.25) is 10.0 Å². The summed E-state index contributed by atoms with van der Waals surface area (Å²) in [6.07, 6.45) is -4.70. The zero-order valence-corrected chi connectivity index (χ0v) is 16.2. The molecule has 0 atom stereocenters. The van der Waals surface area contributed by atoms with Crippen molar-refractivity contribution in [2.75, 3.05) is 26.2 Å². The van der Waals surface area contributed by atoms with E-state index in [0.717, 1.165) is 12.6 Å². The number of hydrogen-bond acceptors (Lipinski definition) is 3. The molecule has 2 heterocycles. The summed E-state index contributed by atoms with van der Waals surface area (Å²) in [6, 6.07) is 4.15. The molecular formula is C17H16Cl2F4N4O. The maximum absolute atomic E-state index is 13.1. The van der Waals surface area contributed by atoms with Gasteiger partial charge in [-0.25, -0.2) is 4.39 Å². The zero-order chi connectivity index (χ0) is 20.6. The van der Waals surface area contributed by atoms with E-state index in [9.17, 15) is 22.4 Å². The highest BCUT2D eigenvalue weighted by Crippen LogP contribution is 2.36. The molecule has 1 aliphatic heterocycles. The minimum absolute atomic E-state index is 0.298. The van der Waals surface area contributed by atoms with E-state index < -0.39 is 34.3 Å². The number of carbonyl (C=O) groups is 1. The van der Waals surface area contributed by atoms with E-state index in [4.69, 9.17) is 23.2 Å². The van der Waals surface area contributed by atoms with Gasteiger partial charge in [0.15, 0.2) is 11.4 Å². The van der Waals surface area contributed by atoms with Gasteiger partial charge in [-0.2, -0.15) is 18.3 Å². The van der Waals surface area contributed by atoms with Crippen LogP contribution in [0.4, 0.5) is 17.6 Å². The van der Waals surface area contributed by atoms with Gasteiger partial charge in [0.05, 0.1) is 0 Å². The third-order valence-electron chi connectivity index (χ3n) is 4.53. The second kappa shape index (κ2) is 7.88. The van der Waals surface area contributed by atoms with Gasteiger partial charge in [-0.15, -0.1) is 0 Å². The van der Waals surface area contributed by atoms with E-state index in [0.29, 0.717) is 42.4 Å². The lowest BCUT2D eigenvalue weighted by Gasteiger charge is -2.34. The standard InChI is InChI=1S/C17H16Cl2F4N4O/c1-25-15(17(21,22)23)13(19)14(24-25)16(28)27-6-4-26(5-7-27)9-10-2-3-11(20)8-12(10)18/h2-3,8H,4-7,9H2,1H3. The Bertz CT molecular complexity index is 892. The summed E-state index contributed by atoms with van der Waals surface area (Å²) in [7, 11) is 1.09. The minimum Gasteiger partial charge on any atom is -0.335 e. The maximum atomic E-state index is 13.1. The maximum Gasteiger partial charge on any atom is 0.434 e. The number of nitrogens with zero attached hydrogens (tertiary/aromatic N) is 4. The molecule has 1 aliphatic rings. The molecule has 0 radical (unpaired) electrons. The number of aromatic nitrogens is 2. The van der Waals surface area contributed by atoms with Crippen LogP contribution in [-0.2, 0) is 19.8 Å². The Kier molecular flexibility index (Phi) is 5.88. The monoisotopic (exact) mass is 438 g/mol. The first-order valence-corrected chi connectivity index (χ1v) is 9.08. The van der Waals surface area contributed by atoms with Crippen molar-refractivity contribution >= 4 is 29.1 Å².